The minimum absolute atomic E-state index is 0.509. The Labute approximate surface area is 103 Å². The van der Waals surface area contributed by atoms with Gasteiger partial charge in [-0.05, 0) is 43.6 Å². The third kappa shape index (κ3) is 3.20. The van der Waals surface area contributed by atoms with Gasteiger partial charge in [0.2, 0.25) is 0 Å². The Morgan fingerprint density at radius 3 is 2.29 bits per heavy atom. The van der Waals surface area contributed by atoms with Gasteiger partial charge in [-0.2, -0.15) is 0 Å². The van der Waals surface area contributed by atoms with Crippen LogP contribution in [0.5, 0.6) is 0 Å². The number of benzene rings is 1. The Balaban J connectivity index is 2.03. The van der Waals surface area contributed by atoms with Crippen molar-refractivity contribution in [1.29, 1.82) is 0 Å². The van der Waals surface area contributed by atoms with E-state index in [1.54, 1.807) is 0 Å². The molecule has 0 amide bonds. The second-order valence-electron chi connectivity index (χ2n) is 5.21. The molecular formula is C14H22N2O. The van der Waals surface area contributed by atoms with E-state index in [1.165, 1.54) is 11.3 Å². The Morgan fingerprint density at radius 1 is 1.18 bits per heavy atom. The van der Waals surface area contributed by atoms with Gasteiger partial charge in [-0.1, -0.05) is 12.1 Å². The molecule has 0 unspecified atom stereocenters. The van der Waals surface area contributed by atoms with Crippen LogP contribution in [0.25, 0.3) is 0 Å². The summed E-state index contributed by atoms with van der Waals surface area (Å²) in [5.41, 5.74) is 1.91. The maximum absolute atomic E-state index is 10.5. The van der Waals surface area contributed by atoms with Crippen LogP contribution in [-0.4, -0.2) is 37.9 Å². The molecule has 17 heavy (non-hydrogen) atoms. The number of nitrogens with zero attached hydrogens (tertiary/aromatic N) is 1. The summed E-state index contributed by atoms with van der Waals surface area (Å²) in [6.45, 7) is 1.85. The normalized spacial score (nSPS) is 19.0. The molecule has 1 aromatic carbocycles. The quantitative estimate of drug-likeness (QED) is 0.830. The summed E-state index contributed by atoms with van der Waals surface area (Å²) in [6.07, 6.45) is 2.47. The smallest absolute Gasteiger partial charge is 0.0712 e. The highest BCUT2D eigenvalue weighted by Crippen LogP contribution is 2.24. The Kier molecular flexibility index (Phi) is 3.69. The molecule has 3 heteroatoms. The van der Waals surface area contributed by atoms with E-state index in [0.29, 0.717) is 0 Å². The molecule has 2 rings (SSSR count). The second-order valence-corrected chi connectivity index (χ2v) is 5.21. The molecule has 0 aromatic heterocycles. The number of piperidine rings is 1. The first-order valence-corrected chi connectivity index (χ1v) is 6.28. The third-order valence-corrected chi connectivity index (χ3v) is 3.52. The predicted molar refractivity (Wildman–Crippen MR) is 71.5 cm³/mol. The molecule has 1 aliphatic rings. The molecule has 94 valence electrons. The molecule has 0 aliphatic carbocycles. The lowest BCUT2D eigenvalue weighted by atomic mass is 9.86. The molecule has 3 nitrogen and oxygen atoms in total. The zero-order valence-corrected chi connectivity index (χ0v) is 10.7. The standard InChI is InChI=1S/C14H22N2O/c1-16(2)13-5-3-12(4-6-13)11-14(17)7-9-15-10-8-14/h3-6,15,17H,7-11H2,1-2H3. The summed E-state index contributed by atoms with van der Waals surface area (Å²) in [5.74, 6) is 0. The predicted octanol–water partition coefficient (Wildman–Crippen LogP) is 1.41. The van der Waals surface area contributed by atoms with Gasteiger partial charge in [0.15, 0.2) is 0 Å². The van der Waals surface area contributed by atoms with Crippen molar-refractivity contribution in [2.24, 2.45) is 0 Å². The third-order valence-electron chi connectivity index (χ3n) is 3.52. The van der Waals surface area contributed by atoms with E-state index in [2.05, 4.69) is 34.5 Å². The monoisotopic (exact) mass is 234 g/mol. The Bertz CT molecular complexity index is 353. The number of hydrogen-bond donors (Lipinski definition) is 2. The van der Waals surface area contributed by atoms with Crippen LogP contribution in [0.2, 0.25) is 0 Å². The number of aliphatic hydroxyl groups is 1. The summed E-state index contributed by atoms with van der Waals surface area (Å²) in [6, 6.07) is 8.46. The number of hydrogen-bond acceptors (Lipinski definition) is 3. The molecular weight excluding hydrogens is 212 g/mol. The van der Waals surface area contributed by atoms with Gasteiger partial charge in [-0.15, -0.1) is 0 Å². The van der Waals surface area contributed by atoms with Crippen molar-refractivity contribution in [3.05, 3.63) is 29.8 Å². The lowest BCUT2D eigenvalue weighted by molar-refractivity contribution is 0.0109. The van der Waals surface area contributed by atoms with Crippen molar-refractivity contribution in [2.45, 2.75) is 24.9 Å². The van der Waals surface area contributed by atoms with Crippen LogP contribution in [0, 0.1) is 0 Å². The molecule has 1 aromatic rings. The lowest BCUT2D eigenvalue weighted by Gasteiger charge is -2.32. The fourth-order valence-electron chi connectivity index (χ4n) is 2.36. The van der Waals surface area contributed by atoms with Crippen molar-refractivity contribution in [3.8, 4) is 0 Å². The molecule has 0 spiro atoms. The van der Waals surface area contributed by atoms with E-state index in [0.717, 1.165) is 32.4 Å². The fraction of sp³-hybridized carbons (Fsp3) is 0.571. The summed E-state index contributed by atoms with van der Waals surface area (Å²) in [4.78, 5) is 2.09. The Hall–Kier alpha value is -1.06. The van der Waals surface area contributed by atoms with Crippen LogP contribution in [0.15, 0.2) is 24.3 Å². The summed E-state index contributed by atoms with van der Waals surface area (Å²) in [5, 5.41) is 13.7. The topological polar surface area (TPSA) is 35.5 Å². The molecule has 0 atom stereocenters. The molecule has 1 aliphatic heterocycles. The number of rotatable bonds is 3. The average molecular weight is 234 g/mol. The van der Waals surface area contributed by atoms with Crippen LogP contribution in [0.4, 0.5) is 5.69 Å². The van der Waals surface area contributed by atoms with Crippen LogP contribution < -0.4 is 10.2 Å². The highest BCUT2D eigenvalue weighted by atomic mass is 16.3. The van der Waals surface area contributed by atoms with Crippen molar-refractivity contribution >= 4 is 5.69 Å². The average Bonchev–Trinajstić information content (AvgIpc) is 2.30. The van der Waals surface area contributed by atoms with Gasteiger partial charge in [0.05, 0.1) is 5.60 Å². The minimum Gasteiger partial charge on any atom is -0.389 e. The van der Waals surface area contributed by atoms with Gasteiger partial charge in [-0.25, -0.2) is 0 Å². The van der Waals surface area contributed by atoms with Crippen molar-refractivity contribution in [2.75, 3.05) is 32.1 Å². The molecule has 1 fully saturated rings. The van der Waals surface area contributed by atoms with Crippen molar-refractivity contribution in [1.82, 2.24) is 5.32 Å². The molecule has 1 saturated heterocycles. The SMILES string of the molecule is CN(C)c1ccc(CC2(O)CCNCC2)cc1. The van der Waals surface area contributed by atoms with E-state index in [9.17, 15) is 5.11 Å². The van der Waals surface area contributed by atoms with Gasteiger partial charge >= 0.3 is 0 Å². The summed E-state index contributed by atoms with van der Waals surface area (Å²) < 4.78 is 0. The lowest BCUT2D eigenvalue weighted by Crippen LogP contribution is -2.43. The molecule has 0 saturated carbocycles. The van der Waals surface area contributed by atoms with E-state index in [4.69, 9.17) is 0 Å². The summed E-state index contributed by atoms with van der Waals surface area (Å²) in [7, 11) is 4.07. The van der Waals surface area contributed by atoms with Gasteiger partial charge in [0.1, 0.15) is 0 Å². The van der Waals surface area contributed by atoms with Gasteiger partial charge in [0, 0.05) is 26.2 Å². The highest BCUT2D eigenvalue weighted by molar-refractivity contribution is 5.46. The van der Waals surface area contributed by atoms with Crippen LogP contribution in [0.3, 0.4) is 0 Å². The van der Waals surface area contributed by atoms with Gasteiger partial charge in [0.25, 0.3) is 0 Å². The molecule has 2 N–H and O–H groups in total. The summed E-state index contributed by atoms with van der Waals surface area (Å²) >= 11 is 0. The van der Waals surface area contributed by atoms with Crippen molar-refractivity contribution in [3.63, 3.8) is 0 Å². The van der Waals surface area contributed by atoms with E-state index in [1.807, 2.05) is 14.1 Å². The van der Waals surface area contributed by atoms with E-state index >= 15 is 0 Å². The largest absolute Gasteiger partial charge is 0.389 e. The minimum atomic E-state index is -0.509. The van der Waals surface area contributed by atoms with Crippen LogP contribution in [0.1, 0.15) is 18.4 Å². The molecule has 0 bridgehead atoms. The first kappa shape index (κ1) is 12.4. The zero-order chi connectivity index (χ0) is 12.3. The van der Waals surface area contributed by atoms with Gasteiger partial charge in [-0.3, -0.25) is 0 Å². The van der Waals surface area contributed by atoms with Crippen molar-refractivity contribution < 1.29 is 5.11 Å². The maximum Gasteiger partial charge on any atom is 0.0712 e. The van der Waals surface area contributed by atoms with Gasteiger partial charge < -0.3 is 15.3 Å². The highest BCUT2D eigenvalue weighted by Gasteiger charge is 2.28. The Morgan fingerprint density at radius 2 is 1.76 bits per heavy atom. The number of nitrogens with one attached hydrogen (secondary N) is 1. The molecule has 1 heterocycles. The van der Waals surface area contributed by atoms with Crippen LogP contribution >= 0.6 is 0 Å². The fourth-order valence-corrected chi connectivity index (χ4v) is 2.36. The molecule has 0 radical (unpaired) electrons. The maximum atomic E-state index is 10.5. The first-order valence-electron chi connectivity index (χ1n) is 6.28. The number of anilines is 1. The first-order chi connectivity index (χ1) is 8.09. The van der Waals surface area contributed by atoms with E-state index in [-0.39, 0.29) is 0 Å². The van der Waals surface area contributed by atoms with E-state index < -0.39 is 5.60 Å². The second kappa shape index (κ2) is 5.07. The van der Waals surface area contributed by atoms with Crippen LogP contribution in [-0.2, 0) is 6.42 Å². The zero-order valence-electron chi connectivity index (χ0n) is 10.7.